The quantitative estimate of drug-likeness (QED) is 0.346. The number of hydrogen-bond acceptors (Lipinski definition) is 4. The number of imidazole rings is 2. The standard InChI is InChI=1S/C28H28N6/c1-16-2-9-23(31-16)27-30-15-26(34-27)20-7-6-18-10-17(3-5-19(18)11-20)4-8-22-14-29-28(32-22)25-13-21-12-24(21)33-25/h3,5-7,10-11,14-16,21,23-25,31,33H,2,9,12-13H2,1H3,(H,29,32)(H,30,34)/t16-,21+,23?,24+,25-/m0/s1. The number of nitrogens with one attached hydrogen (secondary N) is 4. The highest BCUT2D eigenvalue weighted by Crippen LogP contribution is 2.45. The monoisotopic (exact) mass is 448 g/mol. The second-order valence-corrected chi connectivity index (χ2v) is 10.1. The van der Waals surface area contributed by atoms with Gasteiger partial charge in [0, 0.05) is 23.2 Å². The van der Waals surface area contributed by atoms with Gasteiger partial charge in [0.2, 0.25) is 0 Å². The Balaban J connectivity index is 1.08. The molecule has 0 bridgehead atoms. The summed E-state index contributed by atoms with van der Waals surface area (Å²) in [4.78, 5) is 16.1. The second-order valence-electron chi connectivity index (χ2n) is 10.1. The Labute approximate surface area is 199 Å². The third-order valence-electron chi connectivity index (χ3n) is 7.59. The van der Waals surface area contributed by atoms with Crippen molar-refractivity contribution in [1.29, 1.82) is 0 Å². The minimum absolute atomic E-state index is 0.330. The molecule has 3 fully saturated rings. The van der Waals surface area contributed by atoms with Crippen LogP contribution in [-0.4, -0.2) is 32.0 Å². The van der Waals surface area contributed by atoms with Gasteiger partial charge in [-0.25, -0.2) is 9.97 Å². The highest BCUT2D eigenvalue weighted by atomic mass is 15.1. The predicted molar refractivity (Wildman–Crippen MR) is 133 cm³/mol. The van der Waals surface area contributed by atoms with Crippen LogP contribution in [0.4, 0.5) is 0 Å². The lowest BCUT2D eigenvalue weighted by Gasteiger charge is -2.08. The highest BCUT2D eigenvalue weighted by Gasteiger charge is 2.46. The molecular weight excluding hydrogens is 420 g/mol. The second kappa shape index (κ2) is 7.83. The maximum absolute atomic E-state index is 4.64. The van der Waals surface area contributed by atoms with E-state index in [1.807, 2.05) is 12.4 Å². The smallest absolute Gasteiger partial charge is 0.124 e. The molecule has 6 heteroatoms. The maximum Gasteiger partial charge on any atom is 0.124 e. The van der Waals surface area contributed by atoms with Crippen LogP contribution in [0, 0.1) is 17.8 Å². The van der Waals surface area contributed by atoms with Crippen LogP contribution in [0.5, 0.6) is 0 Å². The van der Waals surface area contributed by atoms with E-state index >= 15 is 0 Å². The Bertz CT molecular complexity index is 1430. The van der Waals surface area contributed by atoms with Crippen LogP contribution >= 0.6 is 0 Å². The van der Waals surface area contributed by atoms with Crippen LogP contribution in [0.3, 0.4) is 0 Å². The summed E-state index contributed by atoms with van der Waals surface area (Å²) in [5, 5.41) is 9.61. The lowest BCUT2D eigenvalue weighted by molar-refractivity contribution is 0.543. The van der Waals surface area contributed by atoms with Crippen LogP contribution in [0.25, 0.3) is 22.0 Å². The normalized spacial score (nSPS) is 27.5. The Morgan fingerprint density at radius 1 is 0.824 bits per heavy atom. The van der Waals surface area contributed by atoms with Gasteiger partial charge in [-0.1, -0.05) is 24.1 Å². The van der Waals surface area contributed by atoms with Gasteiger partial charge in [-0.2, -0.15) is 0 Å². The highest BCUT2D eigenvalue weighted by molar-refractivity contribution is 5.88. The molecule has 4 aromatic rings. The number of H-pyrrole nitrogens is 2. The molecule has 0 amide bonds. The van der Waals surface area contributed by atoms with Crippen LogP contribution in [0.2, 0.25) is 0 Å². The van der Waals surface area contributed by atoms with E-state index in [9.17, 15) is 0 Å². The summed E-state index contributed by atoms with van der Waals surface area (Å²) < 4.78 is 0. The molecule has 2 aromatic heterocycles. The topological polar surface area (TPSA) is 81.4 Å². The molecule has 5 atom stereocenters. The molecule has 6 nitrogen and oxygen atoms in total. The fourth-order valence-corrected chi connectivity index (χ4v) is 5.54. The van der Waals surface area contributed by atoms with Crippen molar-refractivity contribution in [3.63, 3.8) is 0 Å². The van der Waals surface area contributed by atoms with Gasteiger partial charge in [-0.3, -0.25) is 0 Å². The third-order valence-corrected chi connectivity index (χ3v) is 7.59. The van der Waals surface area contributed by atoms with Gasteiger partial charge in [0.25, 0.3) is 0 Å². The molecule has 170 valence electrons. The predicted octanol–water partition coefficient (Wildman–Crippen LogP) is 4.59. The van der Waals surface area contributed by atoms with E-state index in [0.29, 0.717) is 24.2 Å². The van der Waals surface area contributed by atoms with Crippen molar-refractivity contribution in [2.75, 3.05) is 0 Å². The lowest BCUT2D eigenvalue weighted by Crippen LogP contribution is -2.21. The van der Waals surface area contributed by atoms with Crippen molar-refractivity contribution in [2.45, 2.75) is 56.8 Å². The zero-order valence-electron chi connectivity index (χ0n) is 19.2. The zero-order valence-corrected chi connectivity index (χ0v) is 19.2. The summed E-state index contributed by atoms with van der Waals surface area (Å²) in [5.74, 6) is 9.44. The van der Waals surface area contributed by atoms with Crippen LogP contribution in [-0.2, 0) is 0 Å². The third kappa shape index (κ3) is 3.71. The lowest BCUT2D eigenvalue weighted by atomic mass is 10.0. The molecule has 0 radical (unpaired) electrons. The summed E-state index contributed by atoms with van der Waals surface area (Å²) in [6, 6.07) is 14.9. The Morgan fingerprint density at radius 2 is 1.68 bits per heavy atom. The fourth-order valence-electron chi connectivity index (χ4n) is 5.54. The maximum atomic E-state index is 4.64. The van der Waals surface area contributed by atoms with E-state index in [1.165, 1.54) is 30.0 Å². The minimum Gasteiger partial charge on any atom is -0.341 e. The van der Waals surface area contributed by atoms with E-state index in [4.69, 9.17) is 0 Å². The van der Waals surface area contributed by atoms with Crippen molar-refractivity contribution in [2.24, 2.45) is 5.92 Å². The van der Waals surface area contributed by atoms with Crippen LogP contribution < -0.4 is 10.6 Å². The SMILES string of the molecule is C[C@H]1CCC(c2ncc(-c3ccc4cc(C#Cc5cnc([C@@H]6C[C@H]7C[C@H]7N6)[nH]5)ccc4c3)[nH]2)N1. The van der Waals surface area contributed by atoms with E-state index in [-0.39, 0.29) is 0 Å². The number of aromatic amines is 2. The Morgan fingerprint density at radius 3 is 2.53 bits per heavy atom. The number of piperidine rings is 1. The van der Waals surface area contributed by atoms with Crippen LogP contribution in [0.1, 0.15) is 67.6 Å². The molecular formula is C28H28N6. The van der Waals surface area contributed by atoms with Crippen molar-refractivity contribution >= 4 is 10.8 Å². The largest absolute Gasteiger partial charge is 0.341 e. The molecule has 34 heavy (non-hydrogen) atoms. The molecule has 2 saturated heterocycles. The van der Waals surface area contributed by atoms with Gasteiger partial charge in [-0.15, -0.1) is 0 Å². The molecule has 1 unspecified atom stereocenters. The molecule has 2 aromatic carbocycles. The van der Waals surface area contributed by atoms with Gasteiger partial charge >= 0.3 is 0 Å². The number of benzene rings is 2. The average Bonchev–Trinajstić information content (AvgIpc) is 3.41. The van der Waals surface area contributed by atoms with Gasteiger partial charge < -0.3 is 20.6 Å². The summed E-state index contributed by atoms with van der Waals surface area (Å²) >= 11 is 0. The first-order valence-electron chi connectivity index (χ1n) is 12.4. The van der Waals surface area contributed by atoms with Gasteiger partial charge in [0.05, 0.1) is 30.2 Å². The molecule has 1 saturated carbocycles. The number of rotatable bonds is 3. The van der Waals surface area contributed by atoms with Gasteiger partial charge in [0.1, 0.15) is 17.3 Å². The van der Waals surface area contributed by atoms with Crippen molar-refractivity contribution < 1.29 is 0 Å². The summed E-state index contributed by atoms with van der Waals surface area (Å²) in [5.41, 5.74) is 4.08. The first-order valence-corrected chi connectivity index (χ1v) is 12.4. The first-order chi connectivity index (χ1) is 16.7. The van der Waals surface area contributed by atoms with Gasteiger partial charge in [0.15, 0.2) is 0 Å². The minimum atomic E-state index is 0.330. The summed E-state index contributed by atoms with van der Waals surface area (Å²) in [6.07, 6.45) is 8.64. The molecule has 4 heterocycles. The van der Waals surface area contributed by atoms with Crippen LogP contribution in [0.15, 0.2) is 48.8 Å². The molecule has 4 N–H and O–H groups in total. The summed E-state index contributed by atoms with van der Waals surface area (Å²) in [6.45, 7) is 2.23. The molecule has 3 aliphatic rings. The summed E-state index contributed by atoms with van der Waals surface area (Å²) in [7, 11) is 0. The number of aromatic nitrogens is 4. The number of hydrogen-bond donors (Lipinski definition) is 4. The molecule has 1 aliphatic carbocycles. The fraction of sp³-hybridized carbons (Fsp3) is 0.357. The van der Waals surface area contributed by atoms with E-state index in [2.05, 4.69) is 85.7 Å². The Kier molecular flexibility index (Phi) is 4.61. The number of nitrogens with zero attached hydrogens (tertiary/aromatic N) is 2. The van der Waals surface area contributed by atoms with E-state index in [0.717, 1.165) is 46.5 Å². The van der Waals surface area contributed by atoms with E-state index < -0.39 is 0 Å². The molecule has 0 spiro atoms. The van der Waals surface area contributed by atoms with E-state index in [1.54, 1.807) is 0 Å². The van der Waals surface area contributed by atoms with Crippen molar-refractivity contribution in [3.05, 3.63) is 71.7 Å². The zero-order chi connectivity index (χ0) is 22.6. The Hall–Kier alpha value is -3.40. The number of fused-ring (bicyclic) bond motifs is 2. The first kappa shape index (κ1) is 20.0. The average molecular weight is 449 g/mol. The van der Waals surface area contributed by atoms with Gasteiger partial charge in [-0.05, 0) is 73.4 Å². The van der Waals surface area contributed by atoms with Crippen molar-refractivity contribution in [3.8, 4) is 23.1 Å². The molecule has 2 aliphatic heterocycles. The molecule has 7 rings (SSSR count). The van der Waals surface area contributed by atoms with Crippen molar-refractivity contribution in [1.82, 2.24) is 30.6 Å².